The minimum Gasteiger partial charge on any atom is -0.345 e. The van der Waals surface area contributed by atoms with E-state index in [0.717, 1.165) is 20.9 Å². The molecule has 2 heterocycles. The van der Waals surface area contributed by atoms with Gasteiger partial charge in [-0.3, -0.25) is 4.79 Å². The van der Waals surface area contributed by atoms with Gasteiger partial charge >= 0.3 is 0 Å². The summed E-state index contributed by atoms with van der Waals surface area (Å²) >= 11 is 13.7. The van der Waals surface area contributed by atoms with E-state index >= 15 is 0 Å². The van der Waals surface area contributed by atoms with Gasteiger partial charge in [-0.25, -0.2) is 13.4 Å². The quantitative estimate of drug-likeness (QED) is 0.474. The van der Waals surface area contributed by atoms with Crippen LogP contribution >= 0.6 is 34.5 Å². The third kappa shape index (κ3) is 5.03. The van der Waals surface area contributed by atoms with E-state index in [0.29, 0.717) is 42.6 Å². The molecule has 1 aromatic heterocycles. The zero-order chi connectivity index (χ0) is 22.9. The van der Waals surface area contributed by atoms with Crippen LogP contribution in [-0.2, 0) is 14.6 Å². The molecule has 4 rings (SSSR count). The van der Waals surface area contributed by atoms with Crippen molar-refractivity contribution in [1.82, 2.24) is 9.88 Å². The SMILES string of the molecule is Cc1ccc(Cl)c2sc(N3CCN(C(=O)CCCS(=O)(=O)c4ccc(Cl)cc4)CC3)nc12. The zero-order valence-corrected chi connectivity index (χ0v) is 20.7. The van der Waals surface area contributed by atoms with Crippen LogP contribution in [0.5, 0.6) is 0 Å². The zero-order valence-electron chi connectivity index (χ0n) is 17.6. The van der Waals surface area contributed by atoms with Crippen molar-refractivity contribution in [2.45, 2.75) is 24.7 Å². The predicted octanol–water partition coefficient (Wildman–Crippen LogP) is 4.81. The molecular formula is C22H23Cl2N3O3S2. The monoisotopic (exact) mass is 511 g/mol. The van der Waals surface area contributed by atoms with E-state index in [4.69, 9.17) is 28.2 Å². The molecule has 0 atom stereocenters. The smallest absolute Gasteiger partial charge is 0.222 e. The molecule has 2 aromatic carbocycles. The van der Waals surface area contributed by atoms with E-state index in [9.17, 15) is 13.2 Å². The average molecular weight is 512 g/mol. The molecule has 1 amide bonds. The topological polar surface area (TPSA) is 70.6 Å². The molecule has 0 spiro atoms. The predicted molar refractivity (Wildman–Crippen MR) is 131 cm³/mol. The van der Waals surface area contributed by atoms with E-state index in [1.54, 1.807) is 28.4 Å². The Bertz CT molecular complexity index is 1200. The number of carbonyl (C=O) groups is 1. The van der Waals surface area contributed by atoms with E-state index in [2.05, 4.69) is 4.90 Å². The largest absolute Gasteiger partial charge is 0.345 e. The van der Waals surface area contributed by atoms with Gasteiger partial charge in [0, 0.05) is 37.6 Å². The van der Waals surface area contributed by atoms with Crippen LogP contribution in [0.15, 0.2) is 41.3 Å². The Hall–Kier alpha value is -1.87. The Labute approximate surface area is 201 Å². The number of hydrogen-bond donors (Lipinski definition) is 0. The molecule has 0 bridgehead atoms. The summed E-state index contributed by atoms with van der Waals surface area (Å²) in [6.07, 6.45) is 0.502. The number of benzene rings is 2. The molecule has 1 aliphatic heterocycles. The van der Waals surface area contributed by atoms with Gasteiger partial charge in [0.2, 0.25) is 5.91 Å². The minimum absolute atomic E-state index is 0.0147. The molecule has 0 radical (unpaired) electrons. The highest BCUT2D eigenvalue weighted by Gasteiger charge is 2.24. The van der Waals surface area contributed by atoms with Crippen LogP contribution in [0.25, 0.3) is 10.2 Å². The number of piperazine rings is 1. The lowest BCUT2D eigenvalue weighted by Gasteiger charge is -2.34. The number of rotatable bonds is 6. The Morgan fingerprint density at radius 3 is 2.41 bits per heavy atom. The van der Waals surface area contributed by atoms with Gasteiger partial charge in [0.25, 0.3) is 0 Å². The number of amides is 1. The second-order valence-electron chi connectivity index (χ2n) is 7.78. The number of anilines is 1. The molecule has 170 valence electrons. The highest BCUT2D eigenvalue weighted by molar-refractivity contribution is 7.91. The molecule has 1 saturated heterocycles. The second kappa shape index (κ2) is 9.55. The maximum atomic E-state index is 12.6. The highest BCUT2D eigenvalue weighted by Crippen LogP contribution is 2.35. The molecule has 6 nitrogen and oxygen atoms in total. The number of aryl methyl sites for hydroxylation is 1. The third-order valence-electron chi connectivity index (χ3n) is 5.57. The van der Waals surface area contributed by atoms with Crippen molar-refractivity contribution in [3.8, 4) is 0 Å². The number of thiazole rings is 1. The molecular weight excluding hydrogens is 489 g/mol. The van der Waals surface area contributed by atoms with Crippen LogP contribution in [0.4, 0.5) is 5.13 Å². The van der Waals surface area contributed by atoms with Crippen LogP contribution in [0.3, 0.4) is 0 Å². The highest BCUT2D eigenvalue weighted by atomic mass is 35.5. The summed E-state index contributed by atoms with van der Waals surface area (Å²) in [5.41, 5.74) is 2.02. The standard InChI is InChI=1S/C22H23Cl2N3O3S2/c1-15-4-9-18(24)21-20(15)25-22(31-21)27-12-10-26(11-13-27)19(28)3-2-14-32(29,30)17-7-5-16(23)6-8-17/h4-9H,2-3,10-14H2,1H3. The first kappa shape index (κ1) is 23.3. The fourth-order valence-corrected chi connectivity index (χ4v) is 6.51. The summed E-state index contributed by atoms with van der Waals surface area (Å²) in [4.78, 5) is 21.6. The minimum atomic E-state index is -3.42. The van der Waals surface area contributed by atoms with Crippen molar-refractivity contribution in [2.75, 3.05) is 36.8 Å². The van der Waals surface area contributed by atoms with Crippen LogP contribution in [0.2, 0.25) is 10.0 Å². The fraction of sp³-hybridized carbons (Fsp3) is 0.364. The maximum Gasteiger partial charge on any atom is 0.222 e. The summed E-state index contributed by atoms with van der Waals surface area (Å²) in [5, 5.41) is 2.11. The number of nitrogens with zero attached hydrogens (tertiary/aromatic N) is 3. The van der Waals surface area contributed by atoms with E-state index in [1.807, 2.05) is 19.1 Å². The first-order chi connectivity index (χ1) is 15.2. The molecule has 3 aromatic rings. The molecule has 1 aliphatic rings. The Morgan fingerprint density at radius 1 is 1.06 bits per heavy atom. The fourth-order valence-electron chi connectivity index (χ4n) is 3.70. The first-order valence-corrected chi connectivity index (χ1v) is 13.5. The number of halogens is 2. The summed E-state index contributed by atoms with van der Waals surface area (Å²) < 4.78 is 25.9. The lowest BCUT2D eigenvalue weighted by molar-refractivity contribution is -0.131. The van der Waals surface area contributed by atoms with Gasteiger partial charge in [0.1, 0.15) is 0 Å². The maximum absolute atomic E-state index is 12.6. The van der Waals surface area contributed by atoms with Gasteiger partial charge in [-0.05, 0) is 49.2 Å². The number of fused-ring (bicyclic) bond motifs is 1. The molecule has 0 aliphatic carbocycles. The number of sulfone groups is 1. The van der Waals surface area contributed by atoms with Crippen molar-refractivity contribution < 1.29 is 13.2 Å². The molecule has 32 heavy (non-hydrogen) atoms. The van der Waals surface area contributed by atoms with E-state index < -0.39 is 9.84 Å². The van der Waals surface area contributed by atoms with E-state index in [-0.39, 0.29) is 23.0 Å². The van der Waals surface area contributed by atoms with Gasteiger partial charge < -0.3 is 9.80 Å². The molecule has 0 saturated carbocycles. The average Bonchev–Trinajstić information content (AvgIpc) is 3.23. The van der Waals surface area contributed by atoms with Crippen LogP contribution < -0.4 is 4.90 Å². The Morgan fingerprint density at radius 2 is 1.75 bits per heavy atom. The third-order valence-corrected chi connectivity index (χ3v) is 9.21. The van der Waals surface area contributed by atoms with Crippen molar-refractivity contribution in [3.63, 3.8) is 0 Å². The van der Waals surface area contributed by atoms with Crippen molar-refractivity contribution in [1.29, 1.82) is 0 Å². The van der Waals surface area contributed by atoms with Crippen LogP contribution in [0.1, 0.15) is 18.4 Å². The van der Waals surface area contributed by atoms with Gasteiger partial charge in [0.15, 0.2) is 15.0 Å². The van der Waals surface area contributed by atoms with Gasteiger partial charge in [-0.1, -0.05) is 40.6 Å². The number of carbonyl (C=O) groups excluding carboxylic acids is 1. The second-order valence-corrected chi connectivity index (χ2v) is 11.7. The molecule has 1 fully saturated rings. The van der Waals surface area contributed by atoms with Crippen LogP contribution in [0, 0.1) is 6.92 Å². The summed E-state index contributed by atoms with van der Waals surface area (Å²) in [6, 6.07) is 9.97. The number of aromatic nitrogens is 1. The summed E-state index contributed by atoms with van der Waals surface area (Å²) in [6.45, 7) is 4.57. The van der Waals surface area contributed by atoms with Gasteiger partial charge in [-0.2, -0.15) is 0 Å². The molecule has 0 unspecified atom stereocenters. The first-order valence-electron chi connectivity index (χ1n) is 10.3. The lowest BCUT2D eigenvalue weighted by Crippen LogP contribution is -2.48. The van der Waals surface area contributed by atoms with Crippen molar-refractivity contribution >= 4 is 65.6 Å². The Kier molecular flexibility index (Phi) is 6.95. The van der Waals surface area contributed by atoms with E-state index in [1.165, 1.54) is 12.1 Å². The molecule has 10 heteroatoms. The Balaban J connectivity index is 1.30. The van der Waals surface area contributed by atoms with Crippen LogP contribution in [-0.4, -0.2) is 56.1 Å². The van der Waals surface area contributed by atoms with Crippen molar-refractivity contribution in [2.24, 2.45) is 0 Å². The van der Waals surface area contributed by atoms with Crippen molar-refractivity contribution in [3.05, 3.63) is 52.0 Å². The summed E-state index contributed by atoms with van der Waals surface area (Å²) in [7, 11) is -3.42. The normalized spacial score (nSPS) is 14.8. The molecule has 0 N–H and O–H groups in total. The lowest BCUT2D eigenvalue weighted by atomic mass is 10.2. The summed E-state index contributed by atoms with van der Waals surface area (Å²) in [5.74, 6) is -0.0780. The number of hydrogen-bond acceptors (Lipinski definition) is 6. The van der Waals surface area contributed by atoms with Gasteiger partial charge in [-0.15, -0.1) is 0 Å². The van der Waals surface area contributed by atoms with Gasteiger partial charge in [0.05, 0.1) is 25.9 Å².